The number of aryl methyl sites for hydroxylation is 1. The lowest BCUT2D eigenvalue weighted by Crippen LogP contribution is -2.21. The fraction of sp³-hybridized carbons (Fsp3) is 0.429. The Bertz CT molecular complexity index is 588. The van der Waals surface area contributed by atoms with Gasteiger partial charge in [0.15, 0.2) is 0 Å². The van der Waals surface area contributed by atoms with E-state index in [0.717, 1.165) is 17.9 Å². The fourth-order valence-electron chi connectivity index (χ4n) is 1.98. The summed E-state index contributed by atoms with van der Waals surface area (Å²) in [6, 6.07) is 3.49. The number of hydrogen-bond acceptors (Lipinski definition) is 5. The first kappa shape index (κ1) is 14.3. The van der Waals surface area contributed by atoms with Crippen LogP contribution < -0.4 is 0 Å². The Morgan fingerprint density at radius 3 is 2.90 bits per heavy atom. The third-order valence-electron chi connectivity index (χ3n) is 3.28. The number of carbonyl (C=O) groups excluding carboxylic acids is 1. The summed E-state index contributed by atoms with van der Waals surface area (Å²) in [4.78, 5) is 13.5. The third kappa shape index (κ3) is 3.08. The van der Waals surface area contributed by atoms with Gasteiger partial charge in [-0.1, -0.05) is 0 Å². The van der Waals surface area contributed by atoms with Crippen LogP contribution in [0, 0.1) is 0 Å². The van der Waals surface area contributed by atoms with E-state index in [1.807, 2.05) is 33.4 Å². The van der Waals surface area contributed by atoms with Gasteiger partial charge >= 0.3 is 5.97 Å². The van der Waals surface area contributed by atoms with Gasteiger partial charge in [-0.15, -0.1) is 0 Å². The van der Waals surface area contributed by atoms with Crippen LogP contribution in [0.1, 0.15) is 34.8 Å². The molecule has 0 fully saturated rings. The molecule has 6 heteroatoms. The second kappa shape index (κ2) is 5.92. The van der Waals surface area contributed by atoms with Gasteiger partial charge < -0.3 is 9.15 Å². The summed E-state index contributed by atoms with van der Waals surface area (Å²) in [5, 5.41) is 4.15. The molecule has 1 atom stereocenters. The number of ether oxygens (including phenoxy) is 1. The molecule has 0 spiro atoms. The molecule has 2 heterocycles. The Morgan fingerprint density at radius 1 is 1.55 bits per heavy atom. The molecule has 1 unspecified atom stereocenters. The molecule has 2 aromatic rings. The standard InChI is InChI=1S/C14H19N3O3/c1-10(12-5-6-13(20-12)14(18)19-4)16(2)8-11-7-15-17(3)9-11/h5-7,9-10H,8H2,1-4H3. The smallest absolute Gasteiger partial charge is 0.373 e. The predicted molar refractivity (Wildman–Crippen MR) is 73.1 cm³/mol. The topological polar surface area (TPSA) is 60.5 Å². The van der Waals surface area contributed by atoms with E-state index < -0.39 is 5.97 Å². The van der Waals surface area contributed by atoms with Crippen LogP contribution in [0.4, 0.5) is 0 Å². The highest BCUT2D eigenvalue weighted by atomic mass is 16.5. The van der Waals surface area contributed by atoms with Crippen LogP contribution >= 0.6 is 0 Å². The molecule has 20 heavy (non-hydrogen) atoms. The monoisotopic (exact) mass is 277 g/mol. The molecule has 108 valence electrons. The van der Waals surface area contributed by atoms with Crippen LogP contribution in [-0.2, 0) is 18.3 Å². The van der Waals surface area contributed by atoms with Crippen molar-refractivity contribution in [1.82, 2.24) is 14.7 Å². The maximum absolute atomic E-state index is 11.4. The fourth-order valence-corrected chi connectivity index (χ4v) is 1.98. The maximum Gasteiger partial charge on any atom is 0.373 e. The first-order valence-electron chi connectivity index (χ1n) is 6.37. The first-order chi connectivity index (χ1) is 9.51. The lowest BCUT2D eigenvalue weighted by atomic mass is 10.2. The van der Waals surface area contributed by atoms with Crippen molar-refractivity contribution in [3.05, 3.63) is 41.6 Å². The summed E-state index contributed by atoms with van der Waals surface area (Å²) in [5.41, 5.74) is 1.13. The van der Waals surface area contributed by atoms with Gasteiger partial charge in [0.05, 0.1) is 19.3 Å². The van der Waals surface area contributed by atoms with E-state index in [2.05, 4.69) is 14.7 Å². The van der Waals surface area contributed by atoms with Crippen molar-refractivity contribution < 1.29 is 13.9 Å². The summed E-state index contributed by atoms with van der Waals surface area (Å²) in [6.07, 6.45) is 3.82. The lowest BCUT2D eigenvalue weighted by molar-refractivity contribution is 0.0559. The Labute approximate surface area is 117 Å². The second-order valence-electron chi connectivity index (χ2n) is 4.81. The van der Waals surface area contributed by atoms with Gasteiger partial charge in [0, 0.05) is 25.4 Å². The second-order valence-corrected chi connectivity index (χ2v) is 4.81. The van der Waals surface area contributed by atoms with Crippen molar-refractivity contribution >= 4 is 5.97 Å². The molecule has 2 rings (SSSR count). The van der Waals surface area contributed by atoms with Crippen LogP contribution in [0.5, 0.6) is 0 Å². The highest BCUT2D eigenvalue weighted by Gasteiger charge is 2.19. The van der Waals surface area contributed by atoms with Crippen molar-refractivity contribution in [3.63, 3.8) is 0 Å². The summed E-state index contributed by atoms with van der Waals surface area (Å²) < 4.78 is 11.9. The number of carbonyl (C=O) groups is 1. The molecular formula is C14H19N3O3. The minimum absolute atomic E-state index is 0.0496. The molecule has 2 aromatic heterocycles. The number of furan rings is 1. The molecule has 0 aliphatic rings. The molecule has 0 N–H and O–H groups in total. The summed E-state index contributed by atoms with van der Waals surface area (Å²) >= 11 is 0. The van der Waals surface area contributed by atoms with E-state index >= 15 is 0 Å². The van der Waals surface area contributed by atoms with E-state index in [-0.39, 0.29) is 11.8 Å². The van der Waals surface area contributed by atoms with Crippen LogP contribution in [-0.4, -0.2) is 34.8 Å². The highest BCUT2D eigenvalue weighted by molar-refractivity contribution is 5.86. The van der Waals surface area contributed by atoms with Crippen molar-refractivity contribution in [2.24, 2.45) is 7.05 Å². The number of hydrogen-bond donors (Lipinski definition) is 0. The summed E-state index contributed by atoms with van der Waals surface area (Å²) in [5.74, 6) is 0.499. The normalized spacial score (nSPS) is 12.7. The zero-order valence-corrected chi connectivity index (χ0v) is 12.2. The quantitative estimate of drug-likeness (QED) is 0.782. The van der Waals surface area contributed by atoms with Crippen LogP contribution in [0.25, 0.3) is 0 Å². The maximum atomic E-state index is 11.4. The number of esters is 1. The molecule has 0 aliphatic heterocycles. The van der Waals surface area contributed by atoms with Gasteiger partial charge in [0.2, 0.25) is 5.76 Å². The predicted octanol–water partition coefficient (Wildman–Crippen LogP) is 1.99. The molecule has 0 bridgehead atoms. The Kier molecular flexibility index (Phi) is 4.24. The molecule has 0 aromatic carbocycles. The zero-order chi connectivity index (χ0) is 14.7. The number of methoxy groups -OCH3 is 1. The first-order valence-corrected chi connectivity index (χ1v) is 6.37. The SMILES string of the molecule is COC(=O)c1ccc(C(C)N(C)Cc2cnn(C)c2)o1. The third-order valence-corrected chi connectivity index (χ3v) is 3.28. The van der Waals surface area contributed by atoms with Crippen LogP contribution in [0.15, 0.2) is 28.9 Å². The molecule has 0 saturated carbocycles. The van der Waals surface area contributed by atoms with Crippen molar-refractivity contribution in [2.45, 2.75) is 19.5 Å². The van der Waals surface area contributed by atoms with Gasteiger partial charge in [-0.25, -0.2) is 4.79 Å². The van der Waals surface area contributed by atoms with Gasteiger partial charge in [-0.2, -0.15) is 5.10 Å². The highest BCUT2D eigenvalue weighted by Crippen LogP contribution is 2.23. The Hall–Kier alpha value is -2.08. The van der Waals surface area contributed by atoms with Crippen molar-refractivity contribution in [1.29, 1.82) is 0 Å². The average molecular weight is 277 g/mol. The van der Waals surface area contributed by atoms with Gasteiger partial charge in [-0.05, 0) is 26.1 Å². The minimum Gasteiger partial charge on any atom is -0.463 e. The van der Waals surface area contributed by atoms with Crippen molar-refractivity contribution in [3.8, 4) is 0 Å². The lowest BCUT2D eigenvalue weighted by Gasteiger charge is -2.22. The van der Waals surface area contributed by atoms with Crippen LogP contribution in [0.2, 0.25) is 0 Å². The minimum atomic E-state index is -0.460. The Balaban J connectivity index is 2.04. The van der Waals surface area contributed by atoms with Gasteiger partial charge in [0.25, 0.3) is 0 Å². The molecule has 6 nitrogen and oxygen atoms in total. The Morgan fingerprint density at radius 2 is 2.30 bits per heavy atom. The number of rotatable bonds is 5. The van der Waals surface area contributed by atoms with E-state index in [0.29, 0.717) is 0 Å². The van der Waals surface area contributed by atoms with E-state index in [1.54, 1.807) is 16.8 Å². The van der Waals surface area contributed by atoms with E-state index in [9.17, 15) is 4.79 Å². The van der Waals surface area contributed by atoms with E-state index in [4.69, 9.17) is 4.42 Å². The molecule has 0 saturated heterocycles. The molecule has 0 radical (unpaired) electrons. The number of aromatic nitrogens is 2. The van der Waals surface area contributed by atoms with Crippen molar-refractivity contribution in [2.75, 3.05) is 14.2 Å². The average Bonchev–Trinajstić information content (AvgIpc) is 3.06. The van der Waals surface area contributed by atoms with E-state index in [1.165, 1.54) is 7.11 Å². The summed E-state index contributed by atoms with van der Waals surface area (Å²) in [7, 11) is 5.22. The number of nitrogens with zero attached hydrogens (tertiary/aromatic N) is 3. The molecule has 0 aliphatic carbocycles. The summed E-state index contributed by atoms with van der Waals surface area (Å²) in [6.45, 7) is 2.78. The van der Waals surface area contributed by atoms with Crippen LogP contribution in [0.3, 0.4) is 0 Å². The molecule has 0 amide bonds. The van der Waals surface area contributed by atoms with Gasteiger partial charge in [-0.3, -0.25) is 9.58 Å². The molecular weight excluding hydrogens is 258 g/mol. The largest absolute Gasteiger partial charge is 0.463 e. The zero-order valence-electron chi connectivity index (χ0n) is 12.2. The van der Waals surface area contributed by atoms with Gasteiger partial charge in [0.1, 0.15) is 5.76 Å².